The molecule has 0 amide bonds. The predicted molar refractivity (Wildman–Crippen MR) is 204 cm³/mol. The first-order valence-corrected chi connectivity index (χ1v) is 17.0. The maximum Gasteiger partial charge on any atom is -0.00262 e. The van der Waals surface area contributed by atoms with Crippen molar-refractivity contribution in [1.29, 1.82) is 0 Å². The van der Waals surface area contributed by atoms with Gasteiger partial charge in [0.1, 0.15) is 0 Å². The molecule has 1 unspecified atom stereocenters. The molecule has 0 saturated carbocycles. The SMILES string of the molecule is CC.CC1Cc2ccc(-c3cccc4ccccc34)cc2-c2cc(-c3c4ccccc4c(-c4ccccc4)c4ccccc34)ccc21. The van der Waals surface area contributed by atoms with Crippen LogP contribution in [0.4, 0.5) is 0 Å². The Bertz CT molecular complexity index is 2350. The summed E-state index contributed by atoms with van der Waals surface area (Å²) in [5, 5.41) is 7.76. The highest BCUT2D eigenvalue weighted by Crippen LogP contribution is 2.47. The molecule has 8 aromatic rings. The number of rotatable bonds is 3. The van der Waals surface area contributed by atoms with Crippen molar-refractivity contribution >= 4 is 32.3 Å². The lowest BCUT2D eigenvalue weighted by Crippen LogP contribution is -2.09. The van der Waals surface area contributed by atoms with Crippen LogP contribution in [0.2, 0.25) is 0 Å². The molecule has 1 atom stereocenters. The summed E-state index contributed by atoms with van der Waals surface area (Å²) in [6.07, 6.45) is 1.06. The number of fused-ring (bicyclic) bond motifs is 6. The van der Waals surface area contributed by atoms with E-state index < -0.39 is 0 Å². The van der Waals surface area contributed by atoms with E-state index >= 15 is 0 Å². The molecule has 9 rings (SSSR count). The molecule has 8 aromatic carbocycles. The van der Waals surface area contributed by atoms with E-state index in [-0.39, 0.29) is 0 Å². The summed E-state index contributed by atoms with van der Waals surface area (Å²) in [7, 11) is 0. The Morgan fingerprint density at radius 1 is 0.404 bits per heavy atom. The summed E-state index contributed by atoms with van der Waals surface area (Å²) in [6.45, 7) is 6.37. The molecule has 0 radical (unpaired) electrons. The average molecular weight is 603 g/mol. The normalized spacial score (nSPS) is 13.6. The Balaban J connectivity index is 0.00000159. The summed E-state index contributed by atoms with van der Waals surface area (Å²) in [4.78, 5) is 0. The van der Waals surface area contributed by atoms with Gasteiger partial charge in [0.05, 0.1) is 0 Å². The lowest BCUT2D eigenvalue weighted by Gasteiger charge is -2.27. The van der Waals surface area contributed by atoms with Crippen LogP contribution in [0, 0.1) is 0 Å². The van der Waals surface area contributed by atoms with Crippen molar-refractivity contribution in [3.63, 3.8) is 0 Å². The maximum absolute atomic E-state index is 2.48. The largest absolute Gasteiger partial charge is 0.0683 e. The van der Waals surface area contributed by atoms with E-state index in [1.165, 1.54) is 88.0 Å². The van der Waals surface area contributed by atoms with Gasteiger partial charge in [-0.2, -0.15) is 0 Å². The third-order valence-corrected chi connectivity index (χ3v) is 9.89. The Hall–Kier alpha value is -5.46. The van der Waals surface area contributed by atoms with E-state index in [0.717, 1.165) is 6.42 Å². The fraction of sp³-hybridized carbons (Fsp3) is 0.106. The lowest BCUT2D eigenvalue weighted by molar-refractivity contribution is 0.749. The van der Waals surface area contributed by atoms with E-state index in [0.29, 0.717) is 5.92 Å². The second kappa shape index (κ2) is 12.0. The van der Waals surface area contributed by atoms with Gasteiger partial charge in [-0.25, -0.2) is 0 Å². The fourth-order valence-corrected chi connectivity index (χ4v) is 7.82. The van der Waals surface area contributed by atoms with Gasteiger partial charge in [-0.05, 0) is 112 Å². The molecule has 0 N–H and O–H groups in total. The van der Waals surface area contributed by atoms with Gasteiger partial charge < -0.3 is 0 Å². The van der Waals surface area contributed by atoms with Crippen molar-refractivity contribution in [3.05, 3.63) is 169 Å². The van der Waals surface area contributed by atoms with E-state index in [2.05, 4.69) is 165 Å². The van der Waals surface area contributed by atoms with Gasteiger partial charge in [-0.1, -0.05) is 166 Å². The topological polar surface area (TPSA) is 0 Å². The zero-order chi connectivity index (χ0) is 31.9. The minimum atomic E-state index is 0.471. The van der Waals surface area contributed by atoms with Crippen molar-refractivity contribution in [2.75, 3.05) is 0 Å². The van der Waals surface area contributed by atoms with Crippen LogP contribution in [0.3, 0.4) is 0 Å². The first-order valence-electron chi connectivity index (χ1n) is 17.0. The Morgan fingerprint density at radius 2 is 0.936 bits per heavy atom. The zero-order valence-electron chi connectivity index (χ0n) is 27.3. The number of hydrogen-bond acceptors (Lipinski definition) is 0. The molecule has 0 bridgehead atoms. The Labute approximate surface area is 278 Å². The van der Waals surface area contributed by atoms with Gasteiger partial charge in [0.2, 0.25) is 0 Å². The second-order valence-electron chi connectivity index (χ2n) is 12.5. The first-order chi connectivity index (χ1) is 23.2. The summed E-state index contributed by atoms with van der Waals surface area (Å²) in [5.41, 5.74) is 13.3. The van der Waals surface area contributed by atoms with Crippen LogP contribution < -0.4 is 0 Å². The predicted octanol–water partition coefficient (Wildman–Crippen LogP) is 13.5. The molecule has 0 aromatic heterocycles. The molecule has 0 saturated heterocycles. The zero-order valence-corrected chi connectivity index (χ0v) is 27.3. The van der Waals surface area contributed by atoms with Crippen LogP contribution in [0.5, 0.6) is 0 Å². The van der Waals surface area contributed by atoms with E-state index in [1.807, 2.05) is 13.8 Å². The van der Waals surface area contributed by atoms with Gasteiger partial charge in [-0.3, -0.25) is 0 Å². The van der Waals surface area contributed by atoms with E-state index in [9.17, 15) is 0 Å². The van der Waals surface area contributed by atoms with Crippen LogP contribution >= 0.6 is 0 Å². The molecule has 47 heavy (non-hydrogen) atoms. The molecule has 1 aliphatic carbocycles. The average Bonchev–Trinajstić information content (AvgIpc) is 3.14. The highest BCUT2D eigenvalue weighted by molar-refractivity contribution is 6.21. The van der Waals surface area contributed by atoms with E-state index in [1.54, 1.807) is 0 Å². The van der Waals surface area contributed by atoms with Gasteiger partial charge in [0, 0.05) is 0 Å². The van der Waals surface area contributed by atoms with Gasteiger partial charge in [0.15, 0.2) is 0 Å². The second-order valence-corrected chi connectivity index (χ2v) is 12.5. The van der Waals surface area contributed by atoms with Crippen molar-refractivity contribution in [2.24, 2.45) is 0 Å². The highest BCUT2D eigenvalue weighted by atomic mass is 14.3. The van der Waals surface area contributed by atoms with Crippen molar-refractivity contribution < 1.29 is 0 Å². The molecule has 1 aliphatic rings. The number of hydrogen-bond donors (Lipinski definition) is 0. The van der Waals surface area contributed by atoms with Crippen LogP contribution in [0.1, 0.15) is 37.8 Å². The fourth-order valence-electron chi connectivity index (χ4n) is 7.82. The summed E-state index contributed by atoms with van der Waals surface area (Å²) < 4.78 is 0. The molecule has 0 nitrogen and oxygen atoms in total. The van der Waals surface area contributed by atoms with Crippen molar-refractivity contribution in [2.45, 2.75) is 33.1 Å². The smallest absolute Gasteiger partial charge is 0.00262 e. The standard InChI is InChI=1S/C45H32.C2H6/c1-29-26-32-22-23-33(37-21-11-15-30-12-5-6-16-36(30)37)27-42(32)43-28-34(24-25-35(29)43)45-40-19-9-7-17-38(40)44(31-13-3-2-4-14-31)39-18-8-10-20-41(39)45;1-2/h2-25,27-29H,26H2,1H3;1-2H3. The molecule has 0 heterocycles. The summed E-state index contributed by atoms with van der Waals surface area (Å²) in [5.74, 6) is 0.471. The van der Waals surface area contributed by atoms with E-state index in [4.69, 9.17) is 0 Å². The Kier molecular flexibility index (Phi) is 7.43. The van der Waals surface area contributed by atoms with Gasteiger partial charge in [0.25, 0.3) is 0 Å². The maximum atomic E-state index is 2.48. The summed E-state index contributed by atoms with van der Waals surface area (Å²) >= 11 is 0. The molecule has 226 valence electrons. The van der Waals surface area contributed by atoms with Crippen molar-refractivity contribution in [3.8, 4) is 44.5 Å². The molecule has 0 aliphatic heterocycles. The van der Waals surface area contributed by atoms with Gasteiger partial charge in [-0.15, -0.1) is 0 Å². The lowest BCUT2D eigenvalue weighted by atomic mass is 9.77. The van der Waals surface area contributed by atoms with Gasteiger partial charge >= 0.3 is 0 Å². The third-order valence-electron chi connectivity index (χ3n) is 9.89. The minimum absolute atomic E-state index is 0.471. The van der Waals surface area contributed by atoms with Crippen LogP contribution in [-0.4, -0.2) is 0 Å². The molecule has 0 spiro atoms. The molecular weight excluding hydrogens is 565 g/mol. The third kappa shape index (κ3) is 4.84. The monoisotopic (exact) mass is 602 g/mol. The first kappa shape index (κ1) is 29.0. The quantitative estimate of drug-likeness (QED) is 0.177. The minimum Gasteiger partial charge on any atom is -0.0683 e. The van der Waals surface area contributed by atoms with Crippen molar-refractivity contribution in [1.82, 2.24) is 0 Å². The van der Waals surface area contributed by atoms with Crippen LogP contribution in [-0.2, 0) is 6.42 Å². The number of benzene rings is 8. The molecule has 0 fully saturated rings. The highest BCUT2D eigenvalue weighted by Gasteiger charge is 2.24. The van der Waals surface area contributed by atoms with Crippen LogP contribution in [0.25, 0.3) is 76.8 Å². The molecule has 0 heteroatoms. The van der Waals surface area contributed by atoms with Crippen LogP contribution in [0.15, 0.2) is 158 Å². The Morgan fingerprint density at radius 3 is 1.62 bits per heavy atom. The summed E-state index contributed by atoms with van der Waals surface area (Å²) in [6, 6.07) is 58.5. The molecular formula is C47H38.